The first-order chi connectivity index (χ1) is 7.15. The van der Waals surface area contributed by atoms with E-state index in [1.165, 1.54) is 0 Å². The quantitative estimate of drug-likeness (QED) is 0.812. The maximum Gasteiger partial charge on any atom is 0.120 e. The van der Waals surface area contributed by atoms with Gasteiger partial charge in [0.15, 0.2) is 0 Å². The van der Waals surface area contributed by atoms with Crippen LogP contribution in [0, 0.1) is 0 Å². The van der Waals surface area contributed by atoms with Crippen molar-refractivity contribution in [2.24, 2.45) is 0 Å². The molecule has 1 aromatic carbocycles. The molecular formula is C11H14N2OS. The number of thiazole rings is 1. The van der Waals surface area contributed by atoms with E-state index in [0.29, 0.717) is 6.61 Å². The molecule has 0 aliphatic rings. The van der Waals surface area contributed by atoms with Crippen LogP contribution in [0.5, 0.6) is 0 Å². The Balaban J connectivity index is 2.23. The van der Waals surface area contributed by atoms with E-state index in [1.54, 1.807) is 11.3 Å². The highest BCUT2D eigenvalue weighted by Crippen LogP contribution is 2.24. The van der Waals surface area contributed by atoms with Crippen LogP contribution in [0.2, 0.25) is 0 Å². The maximum absolute atomic E-state index is 5.70. The van der Waals surface area contributed by atoms with Gasteiger partial charge in [0.25, 0.3) is 0 Å². The Morgan fingerprint density at radius 1 is 1.47 bits per heavy atom. The molecule has 3 nitrogen and oxygen atoms in total. The first-order valence-electron chi connectivity index (χ1n) is 4.91. The topological polar surface area (TPSA) is 48.1 Å². The van der Waals surface area contributed by atoms with Crippen LogP contribution in [0.4, 0.5) is 5.69 Å². The zero-order chi connectivity index (χ0) is 10.8. The van der Waals surface area contributed by atoms with Gasteiger partial charge in [0.2, 0.25) is 0 Å². The Labute approximate surface area is 92.9 Å². The maximum atomic E-state index is 5.70. The summed E-state index contributed by atoms with van der Waals surface area (Å²) >= 11 is 1.64. The molecule has 2 rings (SSSR count). The van der Waals surface area contributed by atoms with Crippen LogP contribution >= 0.6 is 11.3 Å². The predicted molar refractivity (Wildman–Crippen MR) is 64.0 cm³/mol. The van der Waals surface area contributed by atoms with Gasteiger partial charge < -0.3 is 10.5 Å². The van der Waals surface area contributed by atoms with E-state index < -0.39 is 0 Å². The SMILES string of the molecule is CC(C)OCc1nc2ccc(N)cc2s1. The second-order valence-electron chi connectivity index (χ2n) is 3.69. The van der Waals surface area contributed by atoms with Crippen molar-refractivity contribution in [3.63, 3.8) is 0 Å². The summed E-state index contributed by atoms with van der Waals surface area (Å²) in [6.45, 7) is 4.62. The van der Waals surface area contributed by atoms with Crippen molar-refractivity contribution in [3.05, 3.63) is 23.2 Å². The third kappa shape index (κ3) is 2.46. The summed E-state index contributed by atoms with van der Waals surface area (Å²) in [7, 11) is 0. The van der Waals surface area contributed by atoms with Gasteiger partial charge in [-0.1, -0.05) is 0 Å². The first kappa shape index (κ1) is 10.4. The molecule has 0 amide bonds. The number of rotatable bonds is 3. The third-order valence-electron chi connectivity index (χ3n) is 2.00. The molecule has 4 heteroatoms. The predicted octanol–water partition coefficient (Wildman–Crippen LogP) is 2.80. The molecule has 0 saturated heterocycles. The van der Waals surface area contributed by atoms with E-state index in [4.69, 9.17) is 10.5 Å². The van der Waals surface area contributed by atoms with Gasteiger partial charge in [0.1, 0.15) is 5.01 Å². The van der Waals surface area contributed by atoms with Gasteiger partial charge in [-0.3, -0.25) is 0 Å². The van der Waals surface area contributed by atoms with Crippen molar-refractivity contribution in [1.82, 2.24) is 4.98 Å². The van der Waals surface area contributed by atoms with Gasteiger partial charge in [-0.15, -0.1) is 11.3 Å². The van der Waals surface area contributed by atoms with Crippen LogP contribution in [0.25, 0.3) is 10.2 Å². The lowest BCUT2D eigenvalue weighted by atomic mass is 10.3. The Morgan fingerprint density at radius 3 is 3.00 bits per heavy atom. The number of ether oxygens (including phenoxy) is 1. The van der Waals surface area contributed by atoms with Crippen LogP contribution in [0.1, 0.15) is 18.9 Å². The lowest BCUT2D eigenvalue weighted by Crippen LogP contribution is -2.01. The Bertz CT molecular complexity index is 465. The van der Waals surface area contributed by atoms with Crippen molar-refractivity contribution >= 4 is 27.2 Å². The van der Waals surface area contributed by atoms with Crippen molar-refractivity contribution < 1.29 is 4.74 Å². The fourth-order valence-electron chi connectivity index (χ4n) is 1.29. The number of benzene rings is 1. The number of hydrogen-bond donors (Lipinski definition) is 1. The summed E-state index contributed by atoms with van der Waals surface area (Å²) in [5.74, 6) is 0. The van der Waals surface area contributed by atoms with E-state index in [1.807, 2.05) is 32.0 Å². The van der Waals surface area contributed by atoms with Crippen LogP contribution in [-0.4, -0.2) is 11.1 Å². The number of nitrogens with zero attached hydrogens (tertiary/aromatic N) is 1. The number of anilines is 1. The van der Waals surface area contributed by atoms with Crippen molar-refractivity contribution in [3.8, 4) is 0 Å². The van der Waals surface area contributed by atoms with Crippen LogP contribution < -0.4 is 5.73 Å². The van der Waals surface area contributed by atoms with Gasteiger partial charge in [-0.05, 0) is 32.0 Å². The zero-order valence-electron chi connectivity index (χ0n) is 8.86. The molecule has 15 heavy (non-hydrogen) atoms. The zero-order valence-corrected chi connectivity index (χ0v) is 9.67. The second kappa shape index (κ2) is 4.16. The van der Waals surface area contributed by atoms with E-state index in [0.717, 1.165) is 20.9 Å². The number of fused-ring (bicyclic) bond motifs is 1. The van der Waals surface area contributed by atoms with Crippen LogP contribution in [0.3, 0.4) is 0 Å². The molecule has 0 aliphatic carbocycles. The standard InChI is InChI=1S/C11H14N2OS/c1-7(2)14-6-11-13-9-4-3-8(12)5-10(9)15-11/h3-5,7H,6,12H2,1-2H3. The molecule has 0 saturated carbocycles. The second-order valence-corrected chi connectivity index (χ2v) is 4.81. The lowest BCUT2D eigenvalue weighted by molar-refractivity contribution is 0.0657. The summed E-state index contributed by atoms with van der Waals surface area (Å²) in [5, 5.41) is 1.00. The summed E-state index contributed by atoms with van der Waals surface area (Å²) in [5.41, 5.74) is 7.48. The molecule has 0 unspecified atom stereocenters. The third-order valence-corrected chi connectivity index (χ3v) is 2.99. The summed E-state index contributed by atoms with van der Waals surface area (Å²) in [4.78, 5) is 4.46. The number of hydrogen-bond acceptors (Lipinski definition) is 4. The molecular weight excluding hydrogens is 208 g/mol. The van der Waals surface area contributed by atoms with Crippen molar-refractivity contribution in [2.45, 2.75) is 26.6 Å². The van der Waals surface area contributed by atoms with E-state index in [2.05, 4.69) is 4.98 Å². The number of aromatic nitrogens is 1. The molecule has 0 bridgehead atoms. The van der Waals surface area contributed by atoms with Gasteiger partial charge in [-0.25, -0.2) is 4.98 Å². The minimum Gasteiger partial charge on any atom is -0.399 e. The molecule has 2 aromatic rings. The molecule has 0 radical (unpaired) electrons. The molecule has 0 aliphatic heterocycles. The highest BCUT2D eigenvalue weighted by molar-refractivity contribution is 7.18. The van der Waals surface area contributed by atoms with Gasteiger partial charge in [-0.2, -0.15) is 0 Å². The van der Waals surface area contributed by atoms with Crippen molar-refractivity contribution in [1.29, 1.82) is 0 Å². The average molecular weight is 222 g/mol. The van der Waals surface area contributed by atoms with Gasteiger partial charge in [0.05, 0.1) is 22.9 Å². The van der Waals surface area contributed by atoms with Crippen LogP contribution in [0.15, 0.2) is 18.2 Å². The number of nitrogens with two attached hydrogens (primary N) is 1. The molecule has 1 aromatic heterocycles. The minimum atomic E-state index is 0.238. The fourth-order valence-corrected chi connectivity index (χ4v) is 2.23. The monoisotopic (exact) mass is 222 g/mol. The number of nitrogen functional groups attached to an aromatic ring is 1. The first-order valence-corrected chi connectivity index (χ1v) is 5.73. The highest BCUT2D eigenvalue weighted by atomic mass is 32.1. The average Bonchev–Trinajstić information content (AvgIpc) is 2.56. The van der Waals surface area contributed by atoms with E-state index in [-0.39, 0.29) is 6.10 Å². The van der Waals surface area contributed by atoms with Crippen molar-refractivity contribution in [2.75, 3.05) is 5.73 Å². The summed E-state index contributed by atoms with van der Waals surface area (Å²) in [6, 6.07) is 5.76. The largest absolute Gasteiger partial charge is 0.399 e. The molecule has 1 heterocycles. The van der Waals surface area contributed by atoms with E-state index >= 15 is 0 Å². The summed E-state index contributed by atoms with van der Waals surface area (Å²) in [6.07, 6.45) is 0.238. The van der Waals surface area contributed by atoms with Gasteiger partial charge in [0, 0.05) is 5.69 Å². The molecule has 0 atom stereocenters. The van der Waals surface area contributed by atoms with Crippen LogP contribution in [-0.2, 0) is 11.3 Å². The van der Waals surface area contributed by atoms with E-state index in [9.17, 15) is 0 Å². The normalized spacial score (nSPS) is 11.4. The van der Waals surface area contributed by atoms with Gasteiger partial charge >= 0.3 is 0 Å². The smallest absolute Gasteiger partial charge is 0.120 e. The molecule has 2 N–H and O–H groups in total. The fraction of sp³-hybridized carbons (Fsp3) is 0.364. The molecule has 0 spiro atoms. The highest BCUT2D eigenvalue weighted by Gasteiger charge is 2.04. The molecule has 80 valence electrons. The Kier molecular flexibility index (Phi) is 2.88. The lowest BCUT2D eigenvalue weighted by Gasteiger charge is -2.03. The summed E-state index contributed by atoms with van der Waals surface area (Å²) < 4.78 is 6.63. The minimum absolute atomic E-state index is 0.238. The Morgan fingerprint density at radius 2 is 2.27 bits per heavy atom. The Hall–Kier alpha value is -1.13. The molecule has 0 fully saturated rings.